The van der Waals surface area contributed by atoms with E-state index >= 15 is 0 Å². The van der Waals surface area contributed by atoms with Gasteiger partial charge in [-0.3, -0.25) is 34.7 Å². The number of thioether (sulfide) groups is 1. The monoisotopic (exact) mass is 401 g/mol. The van der Waals surface area contributed by atoms with Crippen LogP contribution >= 0.6 is 11.8 Å². The summed E-state index contributed by atoms with van der Waals surface area (Å²) < 4.78 is 0. The average Bonchev–Trinajstić information content (AvgIpc) is 2.92. The van der Waals surface area contributed by atoms with E-state index < -0.39 is 9.85 Å². The molecule has 0 spiro atoms. The first kappa shape index (κ1) is 19.5. The van der Waals surface area contributed by atoms with Gasteiger partial charge < -0.3 is 0 Å². The van der Waals surface area contributed by atoms with Crippen molar-refractivity contribution < 1.29 is 19.4 Å². The summed E-state index contributed by atoms with van der Waals surface area (Å²) in [5.74, 6) is -0.0632. The molecule has 0 N–H and O–H groups in total. The van der Waals surface area contributed by atoms with Crippen LogP contribution in [-0.2, 0) is 0 Å². The second-order valence-corrected chi connectivity index (χ2v) is 7.23. The number of unbranched alkanes of at least 4 members (excludes halogenated alkanes) is 1. The molecule has 1 aliphatic heterocycles. The van der Waals surface area contributed by atoms with Crippen LogP contribution in [0.2, 0.25) is 0 Å². The Hall–Kier alpha value is -3.27. The molecule has 3 rings (SSSR count). The molecule has 2 aromatic carbocycles. The van der Waals surface area contributed by atoms with E-state index in [9.17, 15) is 29.8 Å². The van der Waals surface area contributed by atoms with Gasteiger partial charge in [0.25, 0.3) is 23.2 Å². The predicted molar refractivity (Wildman–Crippen MR) is 102 cm³/mol. The second kappa shape index (κ2) is 8.17. The quantitative estimate of drug-likeness (QED) is 0.217. The molecule has 0 aromatic heterocycles. The van der Waals surface area contributed by atoms with E-state index in [0.29, 0.717) is 34.6 Å². The van der Waals surface area contributed by atoms with Crippen molar-refractivity contribution in [1.29, 1.82) is 0 Å². The third-order valence-corrected chi connectivity index (χ3v) is 5.28. The molecule has 0 bridgehead atoms. The van der Waals surface area contributed by atoms with Gasteiger partial charge in [-0.2, -0.15) is 0 Å². The fourth-order valence-electron chi connectivity index (χ4n) is 2.87. The number of nitro benzene ring substituents is 2. The fourth-order valence-corrected chi connectivity index (χ4v) is 3.86. The molecule has 0 saturated carbocycles. The van der Waals surface area contributed by atoms with E-state index in [1.54, 1.807) is 24.3 Å². The summed E-state index contributed by atoms with van der Waals surface area (Å²) in [6, 6.07) is 10.2. The van der Waals surface area contributed by atoms with Gasteiger partial charge in [0.1, 0.15) is 0 Å². The van der Waals surface area contributed by atoms with Gasteiger partial charge in [-0.15, -0.1) is 11.8 Å². The summed E-state index contributed by atoms with van der Waals surface area (Å²) in [6.07, 6.45) is 1.20. The van der Waals surface area contributed by atoms with E-state index in [0.717, 1.165) is 6.07 Å². The summed E-state index contributed by atoms with van der Waals surface area (Å²) in [6.45, 7) is 0.280. The van der Waals surface area contributed by atoms with Crippen LogP contribution in [0.15, 0.2) is 47.4 Å². The molecule has 144 valence electrons. The highest BCUT2D eigenvalue weighted by molar-refractivity contribution is 7.99. The molecule has 0 fully saturated rings. The third kappa shape index (κ3) is 4.01. The number of benzene rings is 2. The van der Waals surface area contributed by atoms with E-state index in [4.69, 9.17) is 0 Å². The van der Waals surface area contributed by atoms with Crippen LogP contribution < -0.4 is 0 Å². The lowest BCUT2D eigenvalue weighted by Crippen LogP contribution is -2.30. The fraction of sp³-hybridized carbons (Fsp3) is 0.222. The van der Waals surface area contributed by atoms with Crippen molar-refractivity contribution in [3.63, 3.8) is 0 Å². The zero-order valence-corrected chi connectivity index (χ0v) is 15.4. The van der Waals surface area contributed by atoms with Crippen molar-refractivity contribution >= 4 is 35.0 Å². The maximum atomic E-state index is 12.3. The molecule has 0 atom stereocenters. The molecule has 2 aromatic rings. The smallest absolute Gasteiger partial charge is 0.274 e. The van der Waals surface area contributed by atoms with Gasteiger partial charge in [-0.25, -0.2) is 0 Å². The molecule has 1 heterocycles. The standard InChI is InChI=1S/C18H15N3O6S/c22-17-15-5-1-2-6-16(15)18(23)19(17)7-3-4-8-28-14-10-12(20(24)25)9-13(11-14)21(26)27/h1-2,5-6,9-11H,3-4,7-8H2. The van der Waals surface area contributed by atoms with E-state index in [1.807, 2.05) is 0 Å². The number of non-ortho nitro benzene ring substituents is 2. The number of hydrogen-bond donors (Lipinski definition) is 0. The van der Waals surface area contributed by atoms with Crippen molar-refractivity contribution in [2.24, 2.45) is 0 Å². The van der Waals surface area contributed by atoms with Crippen LogP contribution in [0.1, 0.15) is 33.6 Å². The number of carbonyl (C=O) groups is 2. The van der Waals surface area contributed by atoms with Crippen LogP contribution in [0.5, 0.6) is 0 Å². The normalized spacial score (nSPS) is 12.9. The van der Waals surface area contributed by atoms with Gasteiger partial charge in [-0.05, 0) is 30.7 Å². The average molecular weight is 401 g/mol. The molecular weight excluding hydrogens is 386 g/mol. The maximum absolute atomic E-state index is 12.3. The Balaban J connectivity index is 1.53. The van der Waals surface area contributed by atoms with Gasteiger partial charge in [-0.1, -0.05) is 12.1 Å². The maximum Gasteiger partial charge on any atom is 0.277 e. The minimum absolute atomic E-state index is 0.280. The largest absolute Gasteiger partial charge is 0.277 e. The Kier molecular flexibility index (Phi) is 5.69. The van der Waals surface area contributed by atoms with Gasteiger partial charge in [0.2, 0.25) is 0 Å². The number of hydrogen-bond acceptors (Lipinski definition) is 7. The van der Waals surface area contributed by atoms with Crippen molar-refractivity contribution in [2.75, 3.05) is 12.3 Å². The molecular formula is C18H15N3O6S. The van der Waals surface area contributed by atoms with Crippen LogP contribution in [-0.4, -0.2) is 38.9 Å². The number of amides is 2. The van der Waals surface area contributed by atoms with Crippen LogP contribution in [0.25, 0.3) is 0 Å². The molecule has 9 nitrogen and oxygen atoms in total. The highest BCUT2D eigenvalue weighted by Crippen LogP contribution is 2.30. The number of imide groups is 1. The van der Waals surface area contributed by atoms with Crippen LogP contribution in [0, 0.1) is 20.2 Å². The predicted octanol–water partition coefficient (Wildman–Crippen LogP) is 3.67. The number of rotatable bonds is 8. The van der Waals surface area contributed by atoms with Crippen LogP contribution in [0.4, 0.5) is 11.4 Å². The minimum Gasteiger partial charge on any atom is -0.274 e. The summed E-state index contributed by atoms with van der Waals surface area (Å²) in [4.78, 5) is 46.7. The number of nitrogens with zero attached hydrogens (tertiary/aromatic N) is 3. The summed E-state index contributed by atoms with van der Waals surface area (Å²) in [5.41, 5.74) is 0.155. The van der Waals surface area contributed by atoms with E-state index in [2.05, 4.69) is 0 Å². The first-order valence-corrected chi connectivity index (χ1v) is 9.39. The van der Waals surface area contributed by atoms with Crippen molar-refractivity contribution in [1.82, 2.24) is 4.90 Å². The summed E-state index contributed by atoms with van der Waals surface area (Å²) in [5, 5.41) is 21.8. The molecule has 2 amide bonds. The highest BCUT2D eigenvalue weighted by atomic mass is 32.2. The number of nitro groups is 2. The van der Waals surface area contributed by atoms with E-state index in [-0.39, 0.29) is 29.7 Å². The molecule has 10 heteroatoms. The first-order valence-electron chi connectivity index (χ1n) is 8.40. The Morgan fingerprint density at radius 2 is 1.39 bits per heavy atom. The zero-order valence-electron chi connectivity index (χ0n) is 14.6. The highest BCUT2D eigenvalue weighted by Gasteiger charge is 2.34. The first-order chi connectivity index (χ1) is 13.4. The molecule has 1 aliphatic rings. The molecule has 28 heavy (non-hydrogen) atoms. The van der Waals surface area contributed by atoms with Gasteiger partial charge >= 0.3 is 0 Å². The van der Waals surface area contributed by atoms with E-state index in [1.165, 1.54) is 28.8 Å². The SMILES string of the molecule is O=C1c2ccccc2C(=O)N1CCCCSc1cc([N+](=O)[O-])cc([N+](=O)[O-])c1. The third-order valence-electron chi connectivity index (χ3n) is 4.22. The second-order valence-electron chi connectivity index (χ2n) is 6.06. The topological polar surface area (TPSA) is 124 Å². The van der Waals surface area contributed by atoms with Crippen molar-refractivity contribution in [3.05, 3.63) is 73.8 Å². The minimum atomic E-state index is -0.667. The molecule has 0 aliphatic carbocycles. The van der Waals surface area contributed by atoms with Gasteiger partial charge in [0, 0.05) is 23.6 Å². The molecule has 0 radical (unpaired) electrons. The van der Waals surface area contributed by atoms with Crippen molar-refractivity contribution in [3.8, 4) is 0 Å². The lowest BCUT2D eigenvalue weighted by atomic mass is 10.1. The molecule has 0 saturated heterocycles. The van der Waals surface area contributed by atoms with Gasteiger partial charge in [0.15, 0.2) is 0 Å². The lowest BCUT2D eigenvalue weighted by Gasteiger charge is -2.13. The Morgan fingerprint density at radius 1 is 0.857 bits per heavy atom. The summed E-state index contributed by atoms with van der Waals surface area (Å²) >= 11 is 1.26. The Bertz CT molecular complexity index is 910. The number of fused-ring (bicyclic) bond motifs is 1. The number of carbonyl (C=O) groups excluding carboxylic acids is 2. The Labute approximate surface area is 163 Å². The van der Waals surface area contributed by atoms with Crippen molar-refractivity contribution in [2.45, 2.75) is 17.7 Å². The van der Waals surface area contributed by atoms with Gasteiger partial charge in [0.05, 0.1) is 27.0 Å². The Morgan fingerprint density at radius 3 is 1.89 bits per heavy atom. The summed E-state index contributed by atoms with van der Waals surface area (Å²) in [7, 11) is 0. The lowest BCUT2D eigenvalue weighted by molar-refractivity contribution is -0.394. The van der Waals surface area contributed by atoms with Crippen LogP contribution in [0.3, 0.4) is 0 Å². The zero-order chi connectivity index (χ0) is 20.3. The molecule has 0 unspecified atom stereocenters.